The summed E-state index contributed by atoms with van der Waals surface area (Å²) in [7, 11) is 0. The molecule has 1 atom stereocenters. The molecule has 0 amide bonds. The van der Waals surface area contributed by atoms with Crippen LogP contribution in [0.15, 0.2) is 23.9 Å². The van der Waals surface area contributed by atoms with Crippen molar-refractivity contribution in [1.82, 2.24) is 5.32 Å². The molecule has 0 fully saturated rings. The predicted molar refractivity (Wildman–Crippen MR) is 62.8 cm³/mol. The zero-order chi connectivity index (χ0) is 9.90. The molecule has 1 rings (SSSR count). The molecule has 0 radical (unpaired) electrons. The van der Waals surface area contributed by atoms with E-state index in [0.29, 0.717) is 0 Å². The fourth-order valence-electron chi connectivity index (χ4n) is 1.35. The van der Waals surface area contributed by atoms with E-state index in [1.807, 2.05) is 25.2 Å². The van der Waals surface area contributed by atoms with Gasteiger partial charge in [0, 0.05) is 5.70 Å². The third-order valence-electron chi connectivity index (χ3n) is 2.23. The largest absolute Gasteiger partial charge is 0.385 e. The van der Waals surface area contributed by atoms with Crippen molar-refractivity contribution in [3.8, 4) is 0 Å². The van der Waals surface area contributed by atoms with Gasteiger partial charge in [-0.3, -0.25) is 5.41 Å². The third-order valence-corrected chi connectivity index (χ3v) is 2.23. The maximum Gasteiger partial charge on any atom is 0.121 e. The van der Waals surface area contributed by atoms with E-state index in [1.54, 1.807) is 0 Å². The van der Waals surface area contributed by atoms with Crippen molar-refractivity contribution in [2.24, 2.45) is 5.73 Å². The van der Waals surface area contributed by atoms with Gasteiger partial charge >= 0.3 is 0 Å². The highest BCUT2D eigenvalue weighted by atomic mass is 35.5. The van der Waals surface area contributed by atoms with Gasteiger partial charge in [-0.1, -0.05) is 25.5 Å². The van der Waals surface area contributed by atoms with Gasteiger partial charge in [-0.25, -0.2) is 0 Å². The molecule has 0 bridgehead atoms. The first-order chi connectivity index (χ1) is 6.08. The van der Waals surface area contributed by atoms with Crippen LogP contribution in [-0.2, 0) is 0 Å². The molecular formula is C10H18ClN3. The number of dihydropyridines is 1. The number of allylic oxidation sites excluding steroid dienone is 3. The molecule has 0 saturated carbocycles. The summed E-state index contributed by atoms with van der Waals surface area (Å²) in [4.78, 5) is 0. The summed E-state index contributed by atoms with van der Waals surface area (Å²) < 4.78 is 0. The van der Waals surface area contributed by atoms with E-state index in [4.69, 9.17) is 11.1 Å². The van der Waals surface area contributed by atoms with Crippen LogP contribution in [0.2, 0.25) is 0 Å². The molecule has 14 heavy (non-hydrogen) atoms. The number of rotatable bonds is 3. The van der Waals surface area contributed by atoms with Crippen LogP contribution in [0.3, 0.4) is 0 Å². The lowest BCUT2D eigenvalue weighted by atomic mass is 9.96. The van der Waals surface area contributed by atoms with Crippen LogP contribution in [0, 0.1) is 5.41 Å². The summed E-state index contributed by atoms with van der Waals surface area (Å²) in [6, 6.07) is 0. The minimum Gasteiger partial charge on any atom is -0.385 e. The molecule has 0 aromatic rings. The molecule has 0 aromatic carbocycles. The van der Waals surface area contributed by atoms with Crippen LogP contribution in [0.5, 0.6) is 0 Å². The lowest BCUT2D eigenvalue weighted by Crippen LogP contribution is -2.51. The highest BCUT2D eigenvalue weighted by Crippen LogP contribution is 2.16. The predicted octanol–water partition coefficient (Wildman–Crippen LogP) is 1.95. The zero-order valence-electron chi connectivity index (χ0n) is 8.63. The number of amidine groups is 1. The second-order valence-electron chi connectivity index (χ2n) is 3.54. The fraction of sp³-hybridized carbons (Fsp3) is 0.500. The van der Waals surface area contributed by atoms with E-state index < -0.39 is 5.54 Å². The Morgan fingerprint density at radius 2 is 2.29 bits per heavy atom. The van der Waals surface area contributed by atoms with Crippen molar-refractivity contribution in [3.63, 3.8) is 0 Å². The lowest BCUT2D eigenvalue weighted by molar-refractivity contribution is 0.586. The molecule has 1 heterocycles. The molecule has 80 valence electrons. The lowest BCUT2D eigenvalue weighted by Gasteiger charge is -2.31. The molecule has 0 aromatic heterocycles. The second kappa shape index (κ2) is 5.05. The van der Waals surface area contributed by atoms with Gasteiger partial charge in [-0.15, -0.1) is 12.4 Å². The van der Waals surface area contributed by atoms with E-state index in [0.717, 1.165) is 18.5 Å². The topological polar surface area (TPSA) is 61.9 Å². The summed E-state index contributed by atoms with van der Waals surface area (Å²) in [5, 5.41) is 10.7. The van der Waals surface area contributed by atoms with Gasteiger partial charge in [0.1, 0.15) is 11.4 Å². The first kappa shape index (κ1) is 13.0. The molecule has 4 heteroatoms. The molecular weight excluding hydrogens is 198 g/mol. The molecule has 1 unspecified atom stereocenters. The molecule has 0 spiro atoms. The van der Waals surface area contributed by atoms with Gasteiger partial charge in [0.15, 0.2) is 0 Å². The van der Waals surface area contributed by atoms with Crippen molar-refractivity contribution in [2.45, 2.75) is 32.2 Å². The van der Waals surface area contributed by atoms with E-state index in [9.17, 15) is 0 Å². The Labute approximate surface area is 91.4 Å². The van der Waals surface area contributed by atoms with E-state index in [-0.39, 0.29) is 18.2 Å². The first-order valence-corrected chi connectivity index (χ1v) is 4.59. The monoisotopic (exact) mass is 215 g/mol. The van der Waals surface area contributed by atoms with Crippen LogP contribution >= 0.6 is 12.4 Å². The highest BCUT2D eigenvalue weighted by molar-refractivity contribution is 5.89. The van der Waals surface area contributed by atoms with Crippen LogP contribution in [0.25, 0.3) is 0 Å². The van der Waals surface area contributed by atoms with Gasteiger partial charge < -0.3 is 11.1 Å². The van der Waals surface area contributed by atoms with Gasteiger partial charge in [-0.05, 0) is 19.4 Å². The Bertz CT molecular complexity index is 271. The molecule has 4 N–H and O–H groups in total. The normalized spacial score (nSPS) is 24.6. The van der Waals surface area contributed by atoms with Gasteiger partial charge in [0.2, 0.25) is 0 Å². The van der Waals surface area contributed by atoms with Crippen molar-refractivity contribution < 1.29 is 0 Å². The average molecular weight is 216 g/mol. The summed E-state index contributed by atoms with van der Waals surface area (Å²) in [5.74, 6) is 0.158. The zero-order valence-corrected chi connectivity index (χ0v) is 9.45. The number of halogens is 1. The molecule has 1 aliphatic heterocycles. The van der Waals surface area contributed by atoms with E-state index >= 15 is 0 Å². The van der Waals surface area contributed by atoms with Crippen LogP contribution in [0.4, 0.5) is 0 Å². The number of hydrogen-bond donors (Lipinski definition) is 3. The number of nitrogens with two attached hydrogens (primary N) is 1. The highest BCUT2D eigenvalue weighted by Gasteiger charge is 2.26. The smallest absolute Gasteiger partial charge is 0.121 e. The van der Waals surface area contributed by atoms with Crippen LogP contribution < -0.4 is 11.1 Å². The Kier molecular flexibility index (Phi) is 4.71. The quantitative estimate of drug-likeness (QED) is 0.498. The minimum absolute atomic E-state index is 0. The SMILES string of the molecule is CCCC1=CC=CC(C)(C(=N)N)N1.Cl. The number of nitrogens with one attached hydrogen (secondary N) is 2. The van der Waals surface area contributed by atoms with Gasteiger partial charge in [0.25, 0.3) is 0 Å². The number of hydrogen-bond acceptors (Lipinski definition) is 2. The maximum absolute atomic E-state index is 7.44. The van der Waals surface area contributed by atoms with Gasteiger partial charge in [-0.2, -0.15) is 0 Å². The van der Waals surface area contributed by atoms with Crippen molar-refractivity contribution in [3.05, 3.63) is 23.9 Å². The molecule has 0 saturated heterocycles. The Hall–Kier alpha value is -0.960. The van der Waals surface area contributed by atoms with Crippen molar-refractivity contribution >= 4 is 18.2 Å². The van der Waals surface area contributed by atoms with E-state index in [2.05, 4.69) is 12.2 Å². The fourth-order valence-corrected chi connectivity index (χ4v) is 1.35. The Balaban J connectivity index is 0.00000169. The third kappa shape index (κ3) is 2.77. The van der Waals surface area contributed by atoms with Gasteiger partial charge in [0.05, 0.1) is 0 Å². The summed E-state index contributed by atoms with van der Waals surface area (Å²) in [6.07, 6.45) is 8.01. The summed E-state index contributed by atoms with van der Waals surface area (Å²) in [6.45, 7) is 4.04. The molecule has 1 aliphatic rings. The van der Waals surface area contributed by atoms with Crippen LogP contribution in [-0.4, -0.2) is 11.4 Å². The first-order valence-electron chi connectivity index (χ1n) is 4.59. The molecule has 3 nitrogen and oxygen atoms in total. The second-order valence-corrected chi connectivity index (χ2v) is 3.54. The maximum atomic E-state index is 7.44. The summed E-state index contributed by atoms with van der Waals surface area (Å²) in [5.41, 5.74) is 6.17. The standard InChI is InChI=1S/C10H17N3.ClH/c1-3-5-8-6-4-7-10(2,13-8)9(11)12;/h4,6-7,13H,3,5H2,1-2H3,(H3,11,12);1H. The molecule has 0 aliphatic carbocycles. The average Bonchev–Trinajstić information content (AvgIpc) is 2.04. The van der Waals surface area contributed by atoms with Crippen molar-refractivity contribution in [1.29, 1.82) is 5.41 Å². The minimum atomic E-state index is -0.487. The Morgan fingerprint density at radius 3 is 2.79 bits per heavy atom. The van der Waals surface area contributed by atoms with E-state index in [1.165, 1.54) is 0 Å². The Morgan fingerprint density at radius 1 is 1.64 bits per heavy atom. The summed E-state index contributed by atoms with van der Waals surface area (Å²) >= 11 is 0. The van der Waals surface area contributed by atoms with Crippen LogP contribution in [0.1, 0.15) is 26.7 Å². The van der Waals surface area contributed by atoms with Crippen molar-refractivity contribution in [2.75, 3.05) is 0 Å².